The molecule has 0 atom stereocenters. The number of benzene rings is 4. The Balaban J connectivity index is 1.71. The molecule has 2 heteroatoms. The van der Waals surface area contributed by atoms with Crippen LogP contribution in [0.3, 0.4) is 0 Å². The van der Waals surface area contributed by atoms with E-state index in [1.807, 2.05) is 6.07 Å². The van der Waals surface area contributed by atoms with Gasteiger partial charge in [0, 0.05) is 0 Å². The summed E-state index contributed by atoms with van der Waals surface area (Å²) in [5, 5.41) is 4.22. The molecule has 0 spiro atoms. The Morgan fingerprint density at radius 3 is 1.34 bits per heavy atom. The second-order valence-electron chi connectivity index (χ2n) is 8.06. The van der Waals surface area contributed by atoms with E-state index in [-0.39, 0.29) is 0 Å². The van der Waals surface area contributed by atoms with E-state index in [2.05, 4.69) is 133 Å². The molecule has 0 saturated carbocycles. The van der Waals surface area contributed by atoms with Crippen molar-refractivity contribution in [1.29, 1.82) is 0 Å². The molecule has 0 unspecified atom stereocenters. The van der Waals surface area contributed by atoms with Crippen LogP contribution in [-0.4, -0.2) is 4.98 Å². The molecule has 0 radical (unpaired) electrons. The normalized spacial score (nSPS) is 11.8. The Morgan fingerprint density at radius 2 is 0.875 bits per heavy atom. The van der Waals surface area contributed by atoms with E-state index in [0.717, 1.165) is 23.1 Å². The molecule has 156 valence electrons. The molecule has 1 heterocycles. The van der Waals surface area contributed by atoms with Crippen LogP contribution in [0.2, 0.25) is 0 Å². The topological polar surface area (TPSA) is 12.9 Å². The van der Waals surface area contributed by atoms with Gasteiger partial charge in [-0.2, -0.15) is 0 Å². The van der Waals surface area contributed by atoms with Crippen molar-refractivity contribution in [1.82, 2.24) is 4.98 Å². The van der Waals surface area contributed by atoms with Gasteiger partial charge < -0.3 is 0 Å². The van der Waals surface area contributed by atoms with Crippen LogP contribution in [0.4, 0.5) is 0 Å². The van der Waals surface area contributed by atoms with Crippen molar-refractivity contribution in [2.75, 3.05) is 0 Å². The quantitative estimate of drug-likeness (QED) is 0.302. The molecule has 5 aromatic rings. The average molecular weight is 432 g/mol. The summed E-state index contributed by atoms with van der Waals surface area (Å²) >= 11 is 0. The fourth-order valence-corrected chi connectivity index (χ4v) is 9.23. The van der Waals surface area contributed by atoms with Gasteiger partial charge in [0.25, 0.3) is 0 Å². The van der Waals surface area contributed by atoms with E-state index in [1.54, 1.807) is 0 Å². The first-order valence-electron chi connectivity index (χ1n) is 11.0. The minimum absolute atomic E-state index is 0.908. The SMILES string of the molecule is c1ccc(-c2cccc(C[PH](c3ccccc3)(c3ccccc3)c3ccccc3)n2)cc1. The second-order valence-corrected chi connectivity index (χ2v) is 12.0. The number of hydrogen-bond acceptors (Lipinski definition) is 1. The van der Waals surface area contributed by atoms with E-state index >= 15 is 0 Å². The maximum atomic E-state index is 5.14. The summed E-state index contributed by atoms with van der Waals surface area (Å²) in [4.78, 5) is 5.14. The van der Waals surface area contributed by atoms with E-state index < -0.39 is 7.26 Å². The molecule has 0 fully saturated rings. The van der Waals surface area contributed by atoms with Crippen molar-refractivity contribution >= 4 is 23.2 Å². The van der Waals surface area contributed by atoms with Crippen LogP contribution in [0.25, 0.3) is 11.3 Å². The molecular formula is C30H26NP. The fraction of sp³-hybridized carbons (Fsp3) is 0.0333. The maximum absolute atomic E-state index is 5.14. The van der Waals surface area contributed by atoms with E-state index in [4.69, 9.17) is 4.98 Å². The van der Waals surface area contributed by atoms with Gasteiger partial charge in [-0.15, -0.1) is 0 Å². The number of aromatic nitrogens is 1. The summed E-state index contributed by atoms with van der Waals surface area (Å²) in [5.74, 6) is 0. The third kappa shape index (κ3) is 4.00. The number of nitrogens with zero attached hydrogens (tertiary/aromatic N) is 1. The summed E-state index contributed by atoms with van der Waals surface area (Å²) in [6.45, 7) is 0. The average Bonchev–Trinajstić information content (AvgIpc) is 2.89. The zero-order chi connectivity index (χ0) is 21.6. The van der Waals surface area contributed by atoms with Gasteiger partial charge in [-0.25, -0.2) is 0 Å². The molecule has 1 nitrogen and oxygen atoms in total. The first kappa shape index (κ1) is 20.4. The molecule has 32 heavy (non-hydrogen) atoms. The van der Waals surface area contributed by atoms with Crippen molar-refractivity contribution in [3.63, 3.8) is 0 Å². The van der Waals surface area contributed by atoms with Gasteiger partial charge in [-0.3, -0.25) is 0 Å². The monoisotopic (exact) mass is 431 g/mol. The van der Waals surface area contributed by atoms with Crippen LogP contribution < -0.4 is 15.9 Å². The molecule has 5 rings (SSSR count). The fourth-order valence-electron chi connectivity index (χ4n) is 4.59. The zero-order valence-corrected chi connectivity index (χ0v) is 18.9. The first-order chi connectivity index (χ1) is 15.9. The predicted octanol–water partition coefficient (Wildman–Crippen LogP) is 5.98. The summed E-state index contributed by atoms with van der Waals surface area (Å²) < 4.78 is 0. The van der Waals surface area contributed by atoms with Crippen molar-refractivity contribution in [2.45, 2.75) is 6.16 Å². The van der Waals surface area contributed by atoms with Gasteiger partial charge in [0.1, 0.15) is 0 Å². The van der Waals surface area contributed by atoms with Crippen LogP contribution in [0.15, 0.2) is 140 Å². The summed E-state index contributed by atoms with van der Waals surface area (Å²) in [6, 6.07) is 50.0. The van der Waals surface area contributed by atoms with Gasteiger partial charge in [0.15, 0.2) is 0 Å². The molecule has 0 bridgehead atoms. The molecule has 0 N–H and O–H groups in total. The number of rotatable bonds is 6. The van der Waals surface area contributed by atoms with Gasteiger partial charge in [-0.1, -0.05) is 0 Å². The molecule has 0 aliphatic heterocycles. The first-order valence-corrected chi connectivity index (χ1v) is 13.2. The Bertz CT molecular complexity index is 1170. The van der Waals surface area contributed by atoms with Crippen molar-refractivity contribution in [3.05, 3.63) is 145 Å². The molecule has 0 saturated heterocycles. The molecule has 0 aliphatic carbocycles. The van der Waals surface area contributed by atoms with Crippen LogP contribution in [0.1, 0.15) is 5.69 Å². The van der Waals surface area contributed by atoms with Crippen LogP contribution in [0.5, 0.6) is 0 Å². The van der Waals surface area contributed by atoms with Gasteiger partial charge in [0.05, 0.1) is 0 Å². The van der Waals surface area contributed by atoms with Crippen molar-refractivity contribution in [3.8, 4) is 11.3 Å². The Morgan fingerprint density at radius 1 is 0.438 bits per heavy atom. The Hall–Kier alpha value is -3.54. The summed E-state index contributed by atoms with van der Waals surface area (Å²) in [7, 11) is -2.35. The van der Waals surface area contributed by atoms with Gasteiger partial charge in [0.2, 0.25) is 0 Å². The van der Waals surface area contributed by atoms with Crippen LogP contribution >= 0.6 is 7.26 Å². The molecule has 0 amide bonds. The zero-order valence-electron chi connectivity index (χ0n) is 17.9. The standard InChI is InChI=1S/C30H26NP/c1-5-14-25(15-6-1)30-23-13-16-26(31-30)24-32(27-17-7-2-8-18-27,28-19-9-3-10-20-28)29-21-11-4-12-22-29/h1-23,32H,24H2. The summed E-state index contributed by atoms with van der Waals surface area (Å²) in [5.41, 5.74) is 3.32. The number of hydrogen-bond donors (Lipinski definition) is 0. The molecule has 4 aromatic carbocycles. The number of pyridine rings is 1. The summed E-state index contributed by atoms with van der Waals surface area (Å²) in [6.07, 6.45) is 0.908. The van der Waals surface area contributed by atoms with Crippen molar-refractivity contribution in [2.24, 2.45) is 0 Å². The van der Waals surface area contributed by atoms with Crippen LogP contribution in [0, 0.1) is 0 Å². The third-order valence-electron chi connectivity index (χ3n) is 6.12. The second kappa shape index (κ2) is 9.30. The third-order valence-corrected chi connectivity index (χ3v) is 11.0. The van der Waals surface area contributed by atoms with E-state index in [0.29, 0.717) is 0 Å². The van der Waals surface area contributed by atoms with Crippen LogP contribution in [-0.2, 0) is 6.16 Å². The van der Waals surface area contributed by atoms with Gasteiger partial charge >= 0.3 is 191 Å². The van der Waals surface area contributed by atoms with E-state index in [1.165, 1.54) is 15.9 Å². The Kier molecular flexibility index (Phi) is 5.92. The minimum atomic E-state index is -2.35. The van der Waals surface area contributed by atoms with Gasteiger partial charge in [-0.05, 0) is 0 Å². The molecule has 1 aromatic heterocycles. The Labute approximate surface area is 190 Å². The van der Waals surface area contributed by atoms with Crippen molar-refractivity contribution < 1.29 is 0 Å². The molecular weight excluding hydrogens is 405 g/mol. The molecule has 0 aliphatic rings. The van der Waals surface area contributed by atoms with E-state index in [9.17, 15) is 0 Å². The predicted molar refractivity (Wildman–Crippen MR) is 140 cm³/mol.